The molecule has 0 bridgehead atoms. The van der Waals surface area contributed by atoms with E-state index in [1.54, 1.807) is 20.8 Å². The number of nitrogens with two attached hydrogens (primary N) is 1. The average molecular weight is 282 g/mol. The number of nitrogens with zero attached hydrogens (tertiary/aromatic N) is 1. The second kappa shape index (κ2) is 4.40. The van der Waals surface area contributed by atoms with E-state index in [2.05, 4.69) is 4.98 Å². The van der Waals surface area contributed by atoms with Gasteiger partial charge >= 0.3 is 0 Å². The molecule has 0 aromatic carbocycles. The smallest absolute Gasteiger partial charge is 0.188 e. The van der Waals surface area contributed by atoms with E-state index in [9.17, 15) is 4.79 Å². The van der Waals surface area contributed by atoms with Gasteiger partial charge in [-0.2, -0.15) is 0 Å². The highest BCUT2D eigenvalue weighted by Gasteiger charge is 2.28. The second-order valence-corrected chi connectivity index (χ2v) is 5.49. The first-order chi connectivity index (χ1) is 7.16. The normalized spacial score (nSPS) is 11.6. The minimum atomic E-state index is -0.611. The number of carbonyl (C=O) groups is 1. The molecule has 1 aromatic heterocycles. The molecular weight excluding hydrogens is 270 g/mol. The van der Waals surface area contributed by atoms with Gasteiger partial charge < -0.3 is 5.73 Å². The molecule has 0 saturated heterocycles. The number of anilines is 1. The summed E-state index contributed by atoms with van der Waals surface area (Å²) in [6, 6.07) is 0. The number of nitrogen functional groups attached to an aromatic ring is 1. The van der Waals surface area contributed by atoms with Gasteiger partial charge in [-0.15, -0.1) is 0 Å². The van der Waals surface area contributed by atoms with Crippen molar-refractivity contribution in [1.82, 2.24) is 4.98 Å². The zero-order valence-corrected chi connectivity index (χ0v) is 11.3. The van der Waals surface area contributed by atoms with Crippen LogP contribution in [0, 0.1) is 5.41 Å². The fourth-order valence-electron chi connectivity index (χ4n) is 1.04. The first kappa shape index (κ1) is 13.6. The van der Waals surface area contributed by atoms with Gasteiger partial charge in [-0.05, 0) is 0 Å². The van der Waals surface area contributed by atoms with E-state index in [0.717, 1.165) is 0 Å². The summed E-state index contributed by atoms with van der Waals surface area (Å²) in [6.07, 6.45) is 0. The fourth-order valence-corrected chi connectivity index (χ4v) is 1.63. The van der Waals surface area contributed by atoms with Gasteiger partial charge in [0.1, 0.15) is 10.7 Å². The molecule has 0 radical (unpaired) electrons. The van der Waals surface area contributed by atoms with Crippen LogP contribution in [0.25, 0.3) is 0 Å². The molecule has 88 valence electrons. The summed E-state index contributed by atoms with van der Waals surface area (Å²) >= 11 is 17.4. The molecule has 1 heterocycles. The molecule has 0 fully saturated rings. The lowest BCUT2D eigenvalue weighted by molar-refractivity contribution is 0.0853. The van der Waals surface area contributed by atoms with Gasteiger partial charge in [-0.25, -0.2) is 4.98 Å². The predicted octanol–water partition coefficient (Wildman–Crippen LogP) is 3.85. The molecule has 2 N–H and O–H groups in total. The zero-order valence-electron chi connectivity index (χ0n) is 9.07. The third-order valence-corrected chi connectivity index (χ3v) is 3.10. The third kappa shape index (κ3) is 2.42. The molecule has 0 unspecified atom stereocenters. The van der Waals surface area contributed by atoms with Crippen LogP contribution < -0.4 is 5.73 Å². The molecule has 0 saturated carbocycles. The van der Waals surface area contributed by atoms with Gasteiger partial charge in [-0.1, -0.05) is 55.6 Å². The Morgan fingerprint density at radius 3 is 2.12 bits per heavy atom. The van der Waals surface area contributed by atoms with Crippen molar-refractivity contribution in [1.29, 1.82) is 0 Å². The number of rotatable bonds is 1. The van der Waals surface area contributed by atoms with Gasteiger partial charge in [0.05, 0.1) is 10.7 Å². The molecule has 6 heteroatoms. The molecule has 1 rings (SSSR count). The van der Waals surface area contributed by atoms with Crippen molar-refractivity contribution in [2.75, 3.05) is 5.73 Å². The van der Waals surface area contributed by atoms with E-state index in [1.807, 2.05) is 0 Å². The molecule has 0 aliphatic rings. The first-order valence-electron chi connectivity index (χ1n) is 4.51. The van der Waals surface area contributed by atoms with E-state index in [-0.39, 0.29) is 32.4 Å². The highest BCUT2D eigenvalue weighted by Crippen LogP contribution is 2.36. The Hall–Kier alpha value is -0.510. The Bertz CT molecular complexity index is 452. The summed E-state index contributed by atoms with van der Waals surface area (Å²) < 4.78 is 0. The molecular formula is C10H11Cl3N2O. The molecule has 0 aliphatic carbocycles. The summed E-state index contributed by atoms with van der Waals surface area (Å²) in [6.45, 7) is 5.27. The lowest BCUT2D eigenvalue weighted by atomic mass is 9.88. The number of ketones is 1. The van der Waals surface area contributed by atoms with Crippen molar-refractivity contribution < 1.29 is 4.79 Å². The van der Waals surface area contributed by atoms with Crippen LogP contribution >= 0.6 is 34.8 Å². The summed E-state index contributed by atoms with van der Waals surface area (Å²) in [4.78, 5) is 15.9. The van der Waals surface area contributed by atoms with Gasteiger partial charge in [-0.3, -0.25) is 4.79 Å². The van der Waals surface area contributed by atoms with Crippen molar-refractivity contribution in [2.45, 2.75) is 20.8 Å². The van der Waals surface area contributed by atoms with Crippen LogP contribution in [0.3, 0.4) is 0 Å². The van der Waals surface area contributed by atoms with Gasteiger partial charge in [0.15, 0.2) is 10.9 Å². The van der Waals surface area contributed by atoms with Gasteiger partial charge in [0.2, 0.25) is 0 Å². The Kier molecular flexibility index (Phi) is 3.72. The summed E-state index contributed by atoms with van der Waals surface area (Å²) in [7, 11) is 0. The quantitative estimate of drug-likeness (QED) is 0.628. The minimum Gasteiger partial charge on any atom is -0.396 e. The van der Waals surface area contributed by atoms with Crippen molar-refractivity contribution in [3.8, 4) is 0 Å². The lowest BCUT2D eigenvalue weighted by Crippen LogP contribution is -2.22. The second-order valence-electron chi connectivity index (χ2n) is 4.37. The molecule has 0 aliphatic heterocycles. The van der Waals surface area contributed by atoms with Crippen molar-refractivity contribution in [3.63, 3.8) is 0 Å². The van der Waals surface area contributed by atoms with Crippen LogP contribution in [0.2, 0.25) is 15.2 Å². The van der Waals surface area contributed by atoms with Crippen LogP contribution in [0.1, 0.15) is 31.3 Å². The number of halogens is 3. The topological polar surface area (TPSA) is 56.0 Å². The standard InChI is InChI=1S/C10H11Cl3N2O/c1-10(2,3)8(16)7-4(11)6(14)5(12)9(13)15-7/h1-3H3,(H2,14,15). The highest BCUT2D eigenvalue weighted by atomic mass is 35.5. The Morgan fingerprint density at radius 2 is 1.69 bits per heavy atom. The monoisotopic (exact) mass is 280 g/mol. The maximum atomic E-state index is 12.0. The van der Waals surface area contributed by atoms with Crippen LogP contribution in [0.15, 0.2) is 0 Å². The number of pyridine rings is 1. The van der Waals surface area contributed by atoms with E-state index >= 15 is 0 Å². The molecule has 0 atom stereocenters. The lowest BCUT2D eigenvalue weighted by Gasteiger charge is -2.17. The fraction of sp³-hybridized carbons (Fsp3) is 0.400. The average Bonchev–Trinajstić information content (AvgIpc) is 2.18. The third-order valence-electron chi connectivity index (χ3n) is 1.97. The molecule has 16 heavy (non-hydrogen) atoms. The molecule has 3 nitrogen and oxygen atoms in total. The maximum Gasteiger partial charge on any atom is 0.188 e. The number of hydrogen-bond donors (Lipinski definition) is 1. The summed E-state index contributed by atoms with van der Waals surface area (Å²) in [5.41, 5.74) is 5.15. The van der Waals surface area contributed by atoms with Gasteiger partial charge in [0, 0.05) is 5.41 Å². The first-order valence-corrected chi connectivity index (χ1v) is 5.64. The maximum absolute atomic E-state index is 12.0. The number of aromatic nitrogens is 1. The van der Waals surface area contributed by atoms with Crippen LogP contribution in [-0.4, -0.2) is 10.8 Å². The summed E-state index contributed by atoms with van der Waals surface area (Å²) in [5.74, 6) is -0.234. The zero-order chi connectivity index (χ0) is 12.7. The van der Waals surface area contributed by atoms with Crippen molar-refractivity contribution in [3.05, 3.63) is 20.9 Å². The van der Waals surface area contributed by atoms with Gasteiger partial charge in [0.25, 0.3) is 0 Å². The number of Topliss-reactive ketones (excluding diaryl/α,β-unsaturated/α-hetero) is 1. The van der Waals surface area contributed by atoms with E-state index < -0.39 is 5.41 Å². The molecule has 0 amide bonds. The Morgan fingerprint density at radius 1 is 1.19 bits per heavy atom. The number of hydrogen-bond acceptors (Lipinski definition) is 3. The van der Waals surface area contributed by atoms with Crippen LogP contribution in [-0.2, 0) is 0 Å². The van der Waals surface area contributed by atoms with Crippen molar-refractivity contribution in [2.24, 2.45) is 5.41 Å². The SMILES string of the molecule is CC(C)(C)C(=O)c1nc(Cl)c(Cl)c(N)c1Cl. The summed E-state index contributed by atoms with van der Waals surface area (Å²) in [5, 5.41) is 0.0996. The number of carbonyl (C=O) groups excluding carboxylic acids is 1. The van der Waals surface area contributed by atoms with E-state index in [1.165, 1.54) is 0 Å². The Labute approximate surface area is 109 Å². The molecule has 1 aromatic rings. The Balaban J connectivity index is 3.43. The van der Waals surface area contributed by atoms with Crippen molar-refractivity contribution >= 4 is 46.3 Å². The predicted molar refractivity (Wildman–Crippen MR) is 67.5 cm³/mol. The van der Waals surface area contributed by atoms with E-state index in [0.29, 0.717) is 0 Å². The minimum absolute atomic E-state index is 0.0174. The van der Waals surface area contributed by atoms with Crippen LogP contribution in [0.4, 0.5) is 5.69 Å². The largest absolute Gasteiger partial charge is 0.396 e. The highest BCUT2D eigenvalue weighted by molar-refractivity contribution is 6.46. The molecule has 0 spiro atoms. The van der Waals surface area contributed by atoms with Crippen LogP contribution in [0.5, 0.6) is 0 Å². The van der Waals surface area contributed by atoms with E-state index in [4.69, 9.17) is 40.5 Å².